The van der Waals surface area contributed by atoms with Gasteiger partial charge in [-0.15, -0.1) is 0 Å². The number of aromatic amines is 1. The van der Waals surface area contributed by atoms with Crippen LogP contribution in [0.2, 0.25) is 0 Å². The van der Waals surface area contributed by atoms with Gasteiger partial charge in [-0.2, -0.15) is 0 Å². The molecule has 0 radical (unpaired) electrons. The molecule has 7 nitrogen and oxygen atoms in total. The Kier molecular flexibility index (Phi) is 6.61. The monoisotopic (exact) mass is 398 g/mol. The number of methoxy groups -OCH3 is 4. The molecule has 2 N–H and O–H groups in total. The van der Waals surface area contributed by atoms with Crippen molar-refractivity contribution in [3.05, 3.63) is 57.9 Å². The molecule has 1 aromatic heterocycles. The third-order valence-corrected chi connectivity index (χ3v) is 4.81. The lowest BCUT2D eigenvalue weighted by Crippen LogP contribution is -2.23. The van der Waals surface area contributed by atoms with Crippen LogP contribution in [0.5, 0.6) is 23.0 Å². The topological polar surface area (TPSA) is 81.8 Å². The van der Waals surface area contributed by atoms with E-state index in [2.05, 4.69) is 10.3 Å². The molecule has 0 atom stereocenters. The van der Waals surface area contributed by atoms with Gasteiger partial charge in [0.1, 0.15) is 11.5 Å². The van der Waals surface area contributed by atoms with Crippen LogP contribution < -0.4 is 29.8 Å². The zero-order valence-electron chi connectivity index (χ0n) is 17.1. The third kappa shape index (κ3) is 4.46. The summed E-state index contributed by atoms with van der Waals surface area (Å²) < 4.78 is 21.4. The summed E-state index contributed by atoms with van der Waals surface area (Å²) >= 11 is 0. The van der Waals surface area contributed by atoms with E-state index in [-0.39, 0.29) is 5.56 Å². The first kappa shape index (κ1) is 20.5. The van der Waals surface area contributed by atoms with Gasteiger partial charge in [-0.3, -0.25) is 4.79 Å². The Morgan fingerprint density at radius 1 is 0.828 bits per heavy atom. The van der Waals surface area contributed by atoms with Crippen molar-refractivity contribution in [2.45, 2.75) is 13.0 Å². The number of benzene rings is 2. The second-order valence-electron chi connectivity index (χ2n) is 6.50. The van der Waals surface area contributed by atoms with Crippen molar-refractivity contribution in [3.8, 4) is 23.0 Å². The summed E-state index contributed by atoms with van der Waals surface area (Å²) in [6.07, 6.45) is 0.795. The zero-order chi connectivity index (χ0) is 20.8. The van der Waals surface area contributed by atoms with Gasteiger partial charge >= 0.3 is 0 Å². The van der Waals surface area contributed by atoms with E-state index in [9.17, 15) is 4.79 Å². The number of ether oxygens (including phenoxy) is 4. The Morgan fingerprint density at radius 3 is 2.17 bits per heavy atom. The van der Waals surface area contributed by atoms with Crippen LogP contribution in [0, 0.1) is 0 Å². The summed E-state index contributed by atoms with van der Waals surface area (Å²) in [5, 5.41) is 4.13. The van der Waals surface area contributed by atoms with Crippen LogP contribution in [0.3, 0.4) is 0 Å². The Labute approximate surface area is 169 Å². The van der Waals surface area contributed by atoms with Gasteiger partial charge in [0.15, 0.2) is 11.5 Å². The second-order valence-corrected chi connectivity index (χ2v) is 6.50. The molecule has 1 heterocycles. The van der Waals surface area contributed by atoms with E-state index >= 15 is 0 Å². The molecule has 0 aliphatic carbocycles. The van der Waals surface area contributed by atoms with E-state index in [1.54, 1.807) is 34.5 Å². The van der Waals surface area contributed by atoms with E-state index in [4.69, 9.17) is 18.9 Å². The van der Waals surface area contributed by atoms with Crippen molar-refractivity contribution < 1.29 is 18.9 Å². The van der Waals surface area contributed by atoms with E-state index in [1.165, 1.54) is 0 Å². The molecular formula is C22H26N2O5. The number of hydrogen-bond acceptors (Lipinski definition) is 6. The average molecular weight is 398 g/mol. The maximum Gasteiger partial charge on any atom is 0.253 e. The maximum atomic E-state index is 12.5. The van der Waals surface area contributed by atoms with Crippen LogP contribution >= 0.6 is 0 Å². The van der Waals surface area contributed by atoms with Crippen molar-refractivity contribution >= 4 is 10.9 Å². The molecule has 29 heavy (non-hydrogen) atoms. The minimum atomic E-state index is -0.150. The SMILES string of the molecule is COc1ccc(CCNCc2cc3c(OC)ccc(OC)c3[nH]c2=O)cc1OC. The number of fused-ring (bicyclic) bond motifs is 1. The molecule has 0 fully saturated rings. The smallest absolute Gasteiger partial charge is 0.253 e. The van der Waals surface area contributed by atoms with Gasteiger partial charge in [0.25, 0.3) is 5.56 Å². The summed E-state index contributed by atoms with van der Waals surface area (Å²) in [7, 11) is 6.41. The Balaban J connectivity index is 1.71. The number of aromatic nitrogens is 1. The molecule has 7 heteroatoms. The number of hydrogen-bond donors (Lipinski definition) is 2. The fourth-order valence-corrected chi connectivity index (χ4v) is 3.26. The molecule has 3 aromatic rings. The molecule has 0 saturated carbocycles. The summed E-state index contributed by atoms with van der Waals surface area (Å²) in [5.74, 6) is 2.70. The van der Waals surface area contributed by atoms with E-state index in [0.29, 0.717) is 47.2 Å². The highest BCUT2D eigenvalue weighted by atomic mass is 16.5. The molecule has 2 aromatic carbocycles. The van der Waals surface area contributed by atoms with Crippen molar-refractivity contribution in [1.82, 2.24) is 10.3 Å². The van der Waals surface area contributed by atoms with Crippen LogP contribution in [-0.4, -0.2) is 40.0 Å². The van der Waals surface area contributed by atoms with E-state index in [0.717, 1.165) is 17.4 Å². The van der Waals surface area contributed by atoms with Gasteiger partial charge in [-0.05, 0) is 48.9 Å². The fourth-order valence-electron chi connectivity index (χ4n) is 3.26. The van der Waals surface area contributed by atoms with Gasteiger partial charge in [0.05, 0.1) is 34.0 Å². The van der Waals surface area contributed by atoms with Crippen LogP contribution in [0.4, 0.5) is 0 Å². The standard InChI is InChI=1S/C22H26N2O5/c1-26-17-7-8-19(28-3)21-16(17)12-15(22(25)24-21)13-23-10-9-14-5-6-18(27-2)20(11-14)29-4/h5-8,11-12,23H,9-10,13H2,1-4H3,(H,24,25). The van der Waals surface area contributed by atoms with Gasteiger partial charge in [0.2, 0.25) is 0 Å². The molecule has 0 amide bonds. The molecule has 0 bridgehead atoms. The first-order valence-corrected chi connectivity index (χ1v) is 9.29. The van der Waals surface area contributed by atoms with Crippen molar-refractivity contribution in [2.75, 3.05) is 35.0 Å². The minimum absolute atomic E-state index is 0.150. The predicted octanol–water partition coefficient (Wildman–Crippen LogP) is 2.89. The number of nitrogens with one attached hydrogen (secondary N) is 2. The molecule has 0 unspecified atom stereocenters. The van der Waals surface area contributed by atoms with Gasteiger partial charge < -0.3 is 29.2 Å². The van der Waals surface area contributed by atoms with E-state index < -0.39 is 0 Å². The first-order valence-electron chi connectivity index (χ1n) is 9.29. The summed E-state index contributed by atoms with van der Waals surface area (Å²) in [5.41, 5.74) is 2.24. The highest BCUT2D eigenvalue weighted by Gasteiger charge is 2.11. The largest absolute Gasteiger partial charge is 0.496 e. The molecule has 154 valence electrons. The van der Waals surface area contributed by atoms with Crippen molar-refractivity contribution in [3.63, 3.8) is 0 Å². The molecule has 0 aliphatic heterocycles. The first-order chi connectivity index (χ1) is 14.1. The molecule has 3 rings (SSSR count). The fraction of sp³-hybridized carbons (Fsp3) is 0.318. The van der Waals surface area contributed by atoms with Crippen molar-refractivity contribution in [2.24, 2.45) is 0 Å². The Hall–Kier alpha value is -3.19. The van der Waals surface area contributed by atoms with Crippen molar-refractivity contribution in [1.29, 1.82) is 0 Å². The summed E-state index contributed by atoms with van der Waals surface area (Å²) in [6.45, 7) is 1.15. The Bertz CT molecular complexity index is 1050. The average Bonchev–Trinajstić information content (AvgIpc) is 2.75. The number of H-pyrrole nitrogens is 1. The van der Waals surface area contributed by atoms with Crippen LogP contribution in [0.25, 0.3) is 10.9 Å². The molecule has 0 aliphatic rings. The normalized spacial score (nSPS) is 10.8. The molecule has 0 saturated heterocycles. The number of rotatable bonds is 9. The zero-order valence-corrected chi connectivity index (χ0v) is 17.1. The van der Waals surface area contributed by atoms with Crippen LogP contribution in [0.15, 0.2) is 41.2 Å². The Morgan fingerprint density at radius 2 is 1.48 bits per heavy atom. The maximum absolute atomic E-state index is 12.5. The quantitative estimate of drug-likeness (QED) is 0.540. The lowest BCUT2D eigenvalue weighted by atomic mass is 10.1. The highest BCUT2D eigenvalue weighted by Crippen LogP contribution is 2.31. The van der Waals surface area contributed by atoms with Gasteiger partial charge in [-0.25, -0.2) is 0 Å². The summed E-state index contributed by atoms with van der Waals surface area (Å²) in [4.78, 5) is 15.4. The lowest BCUT2D eigenvalue weighted by molar-refractivity contribution is 0.354. The van der Waals surface area contributed by atoms with Crippen LogP contribution in [0.1, 0.15) is 11.1 Å². The third-order valence-electron chi connectivity index (χ3n) is 4.81. The summed E-state index contributed by atoms with van der Waals surface area (Å²) in [6, 6.07) is 11.3. The van der Waals surface area contributed by atoms with E-state index in [1.807, 2.05) is 30.3 Å². The number of pyridine rings is 1. The second kappa shape index (κ2) is 9.34. The van der Waals surface area contributed by atoms with Gasteiger partial charge in [-0.1, -0.05) is 6.07 Å². The van der Waals surface area contributed by atoms with Gasteiger partial charge in [0, 0.05) is 17.5 Å². The minimum Gasteiger partial charge on any atom is -0.496 e. The highest BCUT2D eigenvalue weighted by molar-refractivity contribution is 5.90. The lowest BCUT2D eigenvalue weighted by Gasteiger charge is -2.12. The molecule has 0 spiro atoms. The molecular weight excluding hydrogens is 372 g/mol. The predicted molar refractivity (Wildman–Crippen MR) is 113 cm³/mol. The van der Waals surface area contributed by atoms with Crippen LogP contribution in [-0.2, 0) is 13.0 Å².